The summed E-state index contributed by atoms with van der Waals surface area (Å²) in [5.74, 6) is 0. The van der Waals surface area contributed by atoms with Crippen LogP contribution in [0.3, 0.4) is 0 Å². The maximum atomic E-state index is 3.73. The summed E-state index contributed by atoms with van der Waals surface area (Å²) in [5, 5.41) is 0. The first-order valence-corrected chi connectivity index (χ1v) is 3.65. The van der Waals surface area contributed by atoms with Gasteiger partial charge in [0.2, 0.25) is 0 Å². The van der Waals surface area contributed by atoms with E-state index in [4.69, 9.17) is 0 Å². The summed E-state index contributed by atoms with van der Waals surface area (Å²) < 4.78 is 0. The minimum absolute atomic E-state index is 0.980. The van der Waals surface area contributed by atoms with Gasteiger partial charge in [-0.2, -0.15) is 0 Å². The van der Waals surface area contributed by atoms with Crippen molar-refractivity contribution in [2.45, 2.75) is 19.8 Å². The van der Waals surface area contributed by atoms with Crippen LogP contribution < -0.4 is 0 Å². The van der Waals surface area contributed by atoms with E-state index in [1.807, 2.05) is 37.3 Å². The van der Waals surface area contributed by atoms with Crippen LogP contribution in [-0.4, -0.2) is 0 Å². The lowest BCUT2D eigenvalue weighted by atomic mass is 10.3. The Morgan fingerprint density at radius 1 is 1.10 bits per heavy atom. The van der Waals surface area contributed by atoms with Crippen molar-refractivity contribution in [3.05, 3.63) is 43.4 Å². The largest absolute Gasteiger partial charge is 0.0877 e. The lowest BCUT2D eigenvalue weighted by Crippen LogP contribution is -1.58. The van der Waals surface area contributed by atoms with E-state index in [1.54, 1.807) is 0 Å². The molecule has 0 saturated carbocycles. The predicted octanol–water partition coefficient (Wildman–Crippen LogP) is 3.29. The van der Waals surface area contributed by atoms with Crippen molar-refractivity contribution in [3.63, 3.8) is 0 Å². The Bertz CT molecular complexity index is 127. The summed E-state index contributed by atoms with van der Waals surface area (Å²) in [6.45, 7) is 5.73. The average Bonchev–Trinajstić information content (AvgIpc) is 1.97. The average molecular weight is 135 g/mol. The van der Waals surface area contributed by atoms with Crippen LogP contribution in [0.1, 0.15) is 19.8 Å². The monoisotopic (exact) mass is 135 g/mol. The number of hydrogen-bond donors (Lipinski definition) is 0. The highest BCUT2D eigenvalue weighted by molar-refractivity contribution is 5.10. The third-order valence-electron chi connectivity index (χ3n) is 1.03. The van der Waals surface area contributed by atoms with Crippen LogP contribution in [0.25, 0.3) is 0 Å². The van der Waals surface area contributed by atoms with Gasteiger partial charge in [-0.15, -0.1) is 0 Å². The lowest BCUT2D eigenvalue weighted by molar-refractivity contribution is 1.05. The zero-order chi connectivity index (χ0) is 7.66. The fraction of sp³-hybridized carbons (Fsp3) is 0.300. The van der Waals surface area contributed by atoms with Crippen molar-refractivity contribution in [2.24, 2.45) is 0 Å². The second kappa shape index (κ2) is 8.22. The van der Waals surface area contributed by atoms with Crippen molar-refractivity contribution < 1.29 is 0 Å². The molecule has 0 aliphatic rings. The van der Waals surface area contributed by atoms with Crippen LogP contribution in [0.2, 0.25) is 0 Å². The maximum absolute atomic E-state index is 3.73. The standard InChI is InChI=1S/C10H15/c1-3-5-7-9-10-8-6-4-2/h4,6-10H,1,3,5H2,2H3. The van der Waals surface area contributed by atoms with E-state index in [1.165, 1.54) is 0 Å². The van der Waals surface area contributed by atoms with Gasteiger partial charge in [0.05, 0.1) is 0 Å². The molecule has 0 N–H and O–H groups in total. The Labute approximate surface area is 64.0 Å². The maximum Gasteiger partial charge on any atom is -0.0348 e. The Kier molecular flexibility index (Phi) is 7.58. The lowest BCUT2D eigenvalue weighted by Gasteiger charge is -1.78. The first kappa shape index (κ1) is 9.22. The molecular weight excluding hydrogens is 120 g/mol. The molecular formula is C10H15. The minimum atomic E-state index is 0.980. The number of unbranched alkanes of at least 4 members (excludes halogenated alkanes) is 1. The fourth-order valence-electron chi connectivity index (χ4n) is 0.532. The molecule has 0 aromatic heterocycles. The van der Waals surface area contributed by atoms with Gasteiger partial charge in [0, 0.05) is 0 Å². The van der Waals surface area contributed by atoms with E-state index < -0.39 is 0 Å². The summed E-state index contributed by atoms with van der Waals surface area (Å²) >= 11 is 0. The van der Waals surface area contributed by atoms with Crippen molar-refractivity contribution in [1.29, 1.82) is 0 Å². The molecule has 0 fully saturated rings. The normalized spacial score (nSPS) is 12.6. The van der Waals surface area contributed by atoms with Gasteiger partial charge >= 0.3 is 0 Å². The molecule has 0 rings (SSSR count). The highest BCUT2D eigenvalue weighted by atomic mass is 13.7. The molecule has 0 bridgehead atoms. The quantitative estimate of drug-likeness (QED) is 0.519. The zero-order valence-electron chi connectivity index (χ0n) is 6.59. The third kappa shape index (κ3) is 7.22. The second-order valence-electron chi connectivity index (χ2n) is 1.98. The van der Waals surface area contributed by atoms with Gasteiger partial charge in [0.25, 0.3) is 0 Å². The summed E-state index contributed by atoms with van der Waals surface area (Å²) in [5.41, 5.74) is 0. The molecule has 0 aromatic rings. The number of hydrogen-bond acceptors (Lipinski definition) is 0. The molecule has 0 heteroatoms. The molecule has 0 aromatic carbocycles. The molecule has 1 radical (unpaired) electrons. The number of allylic oxidation sites excluding steroid dienone is 6. The summed E-state index contributed by atoms with van der Waals surface area (Å²) in [7, 11) is 0. The van der Waals surface area contributed by atoms with Gasteiger partial charge in [0.15, 0.2) is 0 Å². The van der Waals surface area contributed by atoms with E-state index in [2.05, 4.69) is 13.0 Å². The predicted molar refractivity (Wildman–Crippen MR) is 47.7 cm³/mol. The van der Waals surface area contributed by atoms with Gasteiger partial charge in [-0.25, -0.2) is 0 Å². The first-order chi connectivity index (χ1) is 4.91. The summed E-state index contributed by atoms with van der Waals surface area (Å²) in [6, 6.07) is 0. The van der Waals surface area contributed by atoms with Crippen molar-refractivity contribution >= 4 is 0 Å². The Morgan fingerprint density at radius 2 is 1.80 bits per heavy atom. The molecule has 55 valence electrons. The Morgan fingerprint density at radius 3 is 2.40 bits per heavy atom. The Hall–Kier alpha value is -0.780. The first-order valence-electron chi connectivity index (χ1n) is 3.65. The molecule has 0 atom stereocenters. The van der Waals surface area contributed by atoms with Crippen LogP contribution in [0.5, 0.6) is 0 Å². The number of rotatable bonds is 4. The van der Waals surface area contributed by atoms with Crippen molar-refractivity contribution in [1.82, 2.24) is 0 Å². The SMILES string of the molecule is [CH2]CCC=CC=CC=CC. The van der Waals surface area contributed by atoms with Gasteiger partial charge < -0.3 is 0 Å². The van der Waals surface area contributed by atoms with Crippen molar-refractivity contribution in [2.75, 3.05) is 0 Å². The van der Waals surface area contributed by atoms with E-state index in [9.17, 15) is 0 Å². The molecule has 0 aliphatic heterocycles. The second-order valence-corrected chi connectivity index (χ2v) is 1.98. The van der Waals surface area contributed by atoms with Gasteiger partial charge in [-0.1, -0.05) is 43.4 Å². The molecule has 0 amide bonds. The van der Waals surface area contributed by atoms with Gasteiger partial charge in [-0.05, 0) is 19.8 Å². The van der Waals surface area contributed by atoms with E-state index in [-0.39, 0.29) is 0 Å². The van der Waals surface area contributed by atoms with Crippen LogP contribution in [-0.2, 0) is 0 Å². The molecule has 0 heterocycles. The van der Waals surface area contributed by atoms with Crippen LogP contribution >= 0.6 is 0 Å². The summed E-state index contributed by atoms with van der Waals surface area (Å²) in [6.07, 6.45) is 14.3. The highest BCUT2D eigenvalue weighted by Crippen LogP contribution is 1.88. The van der Waals surface area contributed by atoms with Crippen LogP contribution in [0.4, 0.5) is 0 Å². The van der Waals surface area contributed by atoms with Gasteiger partial charge in [-0.3, -0.25) is 0 Å². The van der Waals surface area contributed by atoms with Crippen LogP contribution in [0.15, 0.2) is 36.5 Å². The molecule has 0 spiro atoms. The minimum Gasteiger partial charge on any atom is -0.0877 e. The molecule has 10 heavy (non-hydrogen) atoms. The molecule has 0 aliphatic carbocycles. The molecule has 0 unspecified atom stereocenters. The van der Waals surface area contributed by atoms with E-state index in [0.717, 1.165) is 12.8 Å². The topological polar surface area (TPSA) is 0 Å². The molecule has 0 saturated heterocycles. The van der Waals surface area contributed by atoms with Crippen LogP contribution in [0, 0.1) is 6.92 Å². The zero-order valence-corrected chi connectivity index (χ0v) is 6.59. The van der Waals surface area contributed by atoms with Gasteiger partial charge in [0.1, 0.15) is 0 Å². The fourth-order valence-corrected chi connectivity index (χ4v) is 0.532. The van der Waals surface area contributed by atoms with E-state index >= 15 is 0 Å². The molecule has 0 nitrogen and oxygen atoms in total. The Balaban J connectivity index is 3.32. The summed E-state index contributed by atoms with van der Waals surface area (Å²) in [4.78, 5) is 0. The van der Waals surface area contributed by atoms with E-state index in [0.29, 0.717) is 0 Å². The highest BCUT2D eigenvalue weighted by Gasteiger charge is 1.68. The van der Waals surface area contributed by atoms with Crippen molar-refractivity contribution in [3.8, 4) is 0 Å². The smallest absolute Gasteiger partial charge is 0.0348 e. The third-order valence-corrected chi connectivity index (χ3v) is 1.03.